The summed E-state index contributed by atoms with van der Waals surface area (Å²) in [6.07, 6.45) is 2.38. The number of hydrogen-bond acceptors (Lipinski definition) is 4. The molecular weight excluding hydrogens is 250 g/mol. The molecule has 0 aromatic rings. The largest absolute Gasteiger partial charge is 0.353 e. The fourth-order valence-electron chi connectivity index (χ4n) is 1.56. The van der Waals surface area contributed by atoms with Crippen LogP contribution in [0.1, 0.15) is 33.1 Å². The van der Waals surface area contributed by atoms with Crippen molar-refractivity contribution in [1.29, 1.82) is 0 Å². The molecule has 2 rings (SSSR count). The Labute approximate surface area is 111 Å². The third-order valence-electron chi connectivity index (χ3n) is 2.69. The van der Waals surface area contributed by atoms with Crippen LogP contribution in [0.2, 0.25) is 0 Å². The van der Waals surface area contributed by atoms with Crippen molar-refractivity contribution < 1.29 is 9.59 Å². The molecule has 2 amide bonds. The predicted octanol–water partition coefficient (Wildman–Crippen LogP) is 0.899. The Morgan fingerprint density at radius 3 is 2.89 bits per heavy atom. The second-order valence-electron chi connectivity index (χ2n) is 5.18. The van der Waals surface area contributed by atoms with Gasteiger partial charge in [-0.2, -0.15) is 0 Å². The van der Waals surface area contributed by atoms with E-state index in [9.17, 15) is 9.59 Å². The van der Waals surface area contributed by atoms with Crippen LogP contribution in [0.25, 0.3) is 0 Å². The van der Waals surface area contributed by atoms with Gasteiger partial charge in [0.1, 0.15) is 5.25 Å². The number of amidine groups is 1. The quantitative estimate of drug-likeness (QED) is 0.779. The molecule has 1 saturated carbocycles. The Bertz CT molecular complexity index is 378. The second kappa shape index (κ2) is 5.73. The van der Waals surface area contributed by atoms with E-state index in [1.54, 1.807) is 0 Å². The van der Waals surface area contributed by atoms with Gasteiger partial charge < -0.3 is 10.6 Å². The molecule has 2 N–H and O–H groups in total. The molecule has 0 bridgehead atoms. The minimum atomic E-state index is -0.324. The Kier molecular flexibility index (Phi) is 4.27. The van der Waals surface area contributed by atoms with E-state index in [0.29, 0.717) is 23.7 Å². The number of nitrogens with one attached hydrogen (secondary N) is 2. The summed E-state index contributed by atoms with van der Waals surface area (Å²) in [4.78, 5) is 27.6. The second-order valence-corrected chi connectivity index (χ2v) is 6.37. The Hall–Kier alpha value is -1.04. The number of rotatable bonds is 5. The first-order valence-corrected chi connectivity index (χ1v) is 7.24. The average Bonchev–Trinajstić information content (AvgIpc) is 3.01. The van der Waals surface area contributed by atoms with Crippen LogP contribution in [-0.4, -0.2) is 34.8 Å². The summed E-state index contributed by atoms with van der Waals surface area (Å²) >= 11 is 1.37. The summed E-state index contributed by atoms with van der Waals surface area (Å²) < 4.78 is 0. The topological polar surface area (TPSA) is 70.6 Å². The average molecular weight is 269 g/mol. The maximum absolute atomic E-state index is 11.7. The molecule has 1 saturated heterocycles. The molecule has 1 aliphatic heterocycles. The molecular formula is C12H19N3O2S. The zero-order chi connectivity index (χ0) is 13.1. The maximum Gasteiger partial charge on any atom is 0.240 e. The van der Waals surface area contributed by atoms with Gasteiger partial charge >= 0.3 is 0 Å². The van der Waals surface area contributed by atoms with Crippen molar-refractivity contribution in [2.75, 3.05) is 6.54 Å². The summed E-state index contributed by atoms with van der Waals surface area (Å²) in [5.41, 5.74) is 0. The molecule has 0 radical (unpaired) electrons. The van der Waals surface area contributed by atoms with Gasteiger partial charge in [0.05, 0.1) is 0 Å². The lowest BCUT2D eigenvalue weighted by atomic mass is 10.2. The normalized spacial score (nSPS) is 25.6. The van der Waals surface area contributed by atoms with Gasteiger partial charge in [0, 0.05) is 19.0 Å². The smallest absolute Gasteiger partial charge is 0.240 e. The third kappa shape index (κ3) is 4.01. The van der Waals surface area contributed by atoms with Crippen LogP contribution in [-0.2, 0) is 9.59 Å². The molecule has 0 aromatic heterocycles. The first kappa shape index (κ1) is 13.4. The molecule has 100 valence electrons. The molecule has 1 unspecified atom stereocenters. The van der Waals surface area contributed by atoms with Crippen LogP contribution in [0.4, 0.5) is 0 Å². The predicted molar refractivity (Wildman–Crippen MR) is 72.4 cm³/mol. The Balaban J connectivity index is 1.80. The molecule has 18 heavy (non-hydrogen) atoms. The summed E-state index contributed by atoms with van der Waals surface area (Å²) in [5.74, 6) is 0.330. The van der Waals surface area contributed by atoms with Crippen molar-refractivity contribution >= 4 is 28.7 Å². The molecule has 5 nitrogen and oxygen atoms in total. The first-order chi connectivity index (χ1) is 8.54. The molecule has 1 heterocycles. The van der Waals surface area contributed by atoms with Crippen molar-refractivity contribution in [3.8, 4) is 0 Å². The van der Waals surface area contributed by atoms with Crippen LogP contribution < -0.4 is 10.6 Å². The molecule has 2 fully saturated rings. The highest BCUT2D eigenvalue weighted by atomic mass is 32.2. The number of carbonyl (C=O) groups excluding carboxylic acids is 2. The monoisotopic (exact) mass is 269 g/mol. The summed E-state index contributed by atoms with van der Waals surface area (Å²) in [7, 11) is 0. The van der Waals surface area contributed by atoms with Crippen molar-refractivity contribution in [2.45, 2.75) is 44.4 Å². The minimum absolute atomic E-state index is 0.0322. The van der Waals surface area contributed by atoms with E-state index in [4.69, 9.17) is 0 Å². The van der Waals surface area contributed by atoms with Gasteiger partial charge in [-0.05, 0) is 18.8 Å². The molecule has 1 aliphatic carbocycles. The lowest BCUT2D eigenvalue weighted by Crippen LogP contribution is -2.32. The highest BCUT2D eigenvalue weighted by Gasteiger charge is 2.33. The van der Waals surface area contributed by atoms with Crippen LogP contribution in [0.15, 0.2) is 4.99 Å². The number of thioether (sulfide) groups is 1. The van der Waals surface area contributed by atoms with E-state index in [1.807, 2.05) is 0 Å². The molecule has 2 aliphatic rings. The summed E-state index contributed by atoms with van der Waals surface area (Å²) in [6.45, 7) is 4.85. The standard InChI is InChI=1S/C12H19N3O2S/c1-7(2)6-13-12-15-11(17)9(18-12)5-10(16)14-8-3-4-8/h7-9H,3-6H2,1-2H3,(H,14,16)(H,13,15,17). The van der Waals surface area contributed by atoms with Crippen LogP contribution in [0, 0.1) is 5.92 Å². The summed E-state index contributed by atoms with van der Waals surface area (Å²) in [6, 6.07) is 0.348. The molecule has 6 heteroatoms. The van der Waals surface area contributed by atoms with Crippen LogP contribution in [0.5, 0.6) is 0 Å². The van der Waals surface area contributed by atoms with Gasteiger partial charge in [-0.3, -0.25) is 14.6 Å². The number of carbonyl (C=O) groups is 2. The zero-order valence-corrected chi connectivity index (χ0v) is 11.5. The Morgan fingerprint density at radius 1 is 1.56 bits per heavy atom. The van der Waals surface area contributed by atoms with E-state index in [0.717, 1.165) is 12.8 Å². The number of aliphatic imine (C=N–C) groups is 1. The van der Waals surface area contributed by atoms with Crippen molar-refractivity contribution in [1.82, 2.24) is 10.6 Å². The Morgan fingerprint density at radius 2 is 2.28 bits per heavy atom. The van der Waals surface area contributed by atoms with E-state index < -0.39 is 0 Å². The van der Waals surface area contributed by atoms with E-state index >= 15 is 0 Å². The minimum Gasteiger partial charge on any atom is -0.353 e. The number of amides is 2. The first-order valence-electron chi connectivity index (χ1n) is 6.36. The lowest BCUT2D eigenvalue weighted by Gasteiger charge is -2.05. The van der Waals surface area contributed by atoms with Gasteiger partial charge in [-0.25, -0.2) is 0 Å². The molecule has 0 spiro atoms. The fraction of sp³-hybridized carbons (Fsp3) is 0.750. The maximum atomic E-state index is 11.7. The molecule has 0 aromatic carbocycles. The lowest BCUT2D eigenvalue weighted by molar-refractivity contribution is -0.125. The van der Waals surface area contributed by atoms with Crippen molar-refractivity contribution in [3.63, 3.8) is 0 Å². The van der Waals surface area contributed by atoms with Crippen LogP contribution >= 0.6 is 11.8 Å². The van der Waals surface area contributed by atoms with Gasteiger partial charge in [-0.15, -0.1) is 0 Å². The van der Waals surface area contributed by atoms with Crippen molar-refractivity contribution in [2.24, 2.45) is 10.9 Å². The van der Waals surface area contributed by atoms with Gasteiger partial charge in [0.25, 0.3) is 0 Å². The molecule has 1 atom stereocenters. The van der Waals surface area contributed by atoms with E-state index in [2.05, 4.69) is 29.5 Å². The highest BCUT2D eigenvalue weighted by molar-refractivity contribution is 8.15. The van der Waals surface area contributed by atoms with E-state index in [1.165, 1.54) is 11.8 Å². The van der Waals surface area contributed by atoms with E-state index in [-0.39, 0.29) is 23.5 Å². The number of hydrogen-bond donors (Lipinski definition) is 2. The highest BCUT2D eigenvalue weighted by Crippen LogP contribution is 2.24. The summed E-state index contributed by atoms with van der Waals surface area (Å²) in [5, 5.41) is 5.95. The SMILES string of the molecule is CC(C)CN=C1NC(=O)C(CC(=O)NC2CC2)S1. The van der Waals surface area contributed by atoms with Gasteiger partial charge in [0.15, 0.2) is 5.17 Å². The van der Waals surface area contributed by atoms with Crippen LogP contribution in [0.3, 0.4) is 0 Å². The zero-order valence-electron chi connectivity index (χ0n) is 10.7. The van der Waals surface area contributed by atoms with Gasteiger partial charge in [-0.1, -0.05) is 25.6 Å². The third-order valence-corrected chi connectivity index (χ3v) is 3.81. The van der Waals surface area contributed by atoms with Crippen molar-refractivity contribution in [3.05, 3.63) is 0 Å². The van der Waals surface area contributed by atoms with Gasteiger partial charge in [0.2, 0.25) is 11.8 Å². The number of nitrogens with zero attached hydrogens (tertiary/aromatic N) is 1. The fourth-order valence-corrected chi connectivity index (χ4v) is 2.54.